The molecular formula is C28H31N5O5. The summed E-state index contributed by atoms with van der Waals surface area (Å²) in [5, 5.41) is 5.83. The molecule has 10 heteroatoms. The Bertz CT molecular complexity index is 1360. The van der Waals surface area contributed by atoms with Gasteiger partial charge in [-0.05, 0) is 43.5 Å². The second-order valence-corrected chi connectivity index (χ2v) is 9.78. The number of aromatic nitrogens is 2. The van der Waals surface area contributed by atoms with Crippen LogP contribution >= 0.6 is 0 Å². The molecular weight excluding hydrogens is 486 g/mol. The zero-order chi connectivity index (χ0) is 26.9. The number of imidazole rings is 1. The van der Waals surface area contributed by atoms with Crippen molar-refractivity contribution in [2.24, 2.45) is 0 Å². The van der Waals surface area contributed by atoms with Crippen LogP contribution < -0.4 is 20.1 Å². The molecule has 1 atom stereocenters. The number of rotatable bonds is 9. The number of methoxy groups -OCH3 is 2. The van der Waals surface area contributed by atoms with E-state index < -0.39 is 11.4 Å². The number of amides is 3. The molecule has 5 rings (SSSR count). The number of ether oxygens (including phenoxy) is 2. The Morgan fingerprint density at radius 2 is 1.76 bits per heavy atom. The van der Waals surface area contributed by atoms with E-state index in [0.717, 1.165) is 29.7 Å². The molecule has 3 amide bonds. The van der Waals surface area contributed by atoms with Crippen LogP contribution in [0.1, 0.15) is 51.9 Å². The number of hydrogen-bond donors (Lipinski definition) is 2. The van der Waals surface area contributed by atoms with Crippen LogP contribution in [0.2, 0.25) is 0 Å². The van der Waals surface area contributed by atoms with Crippen LogP contribution in [0.5, 0.6) is 11.5 Å². The normalized spacial score (nSPS) is 18.5. The van der Waals surface area contributed by atoms with Crippen molar-refractivity contribution in [3.63, 3.8) is 0 Å². The average molecular weight is 518 g/mol. The largest absolute Gasteiger partial charge is 0.497 e. The molecule has 38 heavy (non-hydrogen) atoms. The highest BCUT2D eigenvalue weighted by molar-refractivity contribution is 6.07. The van der Waals surface area contributed by atoms with Crippen molar-refractivity contribution < 1.29 is 23.9 Å². The lowest BCUT2D eigenvalue weighted by molar-refractivity contribution is -0.133. The van der Waals surface area contributed by atoms with Gasteiger partial charge in [0.1, 0.15) is 22.7 Å². The first-order valence-electron chi connectivity index (χ1n) is 12.6. The fourth-order valence-corrected chi connectivity index (χ4v) is 4.95. The van der Waals surface area contributed by atoms with Crippen molar-refractivity contribution in [2.45, 2.75) is 51.0 Å². The highest BCUT2D eigenvalue weighted by Gasteiger charge is 2.53. The van der Waals surface area contributed by atoms with Crippen LogP contribution in [0.15, 0.2) is 54.9 Å². The Balaban J connectivity index is 1.34. The second kappa shape index (κ2) is 10.2. The number of fused-ring (bicyclic) bond motifs is 1. The van der Waals surface area contributed by atoms with Crippen LogP contribution in [0.4, 0.5) is 0 Å². The molecule has 1 fully saturated rings. The maximum Gasteiger partial charge on any atom is 0.274 e. The summed E-state index contributed by atoms with van der Waals surface area (Å²) in [6, 6.07) is 14.8. The Hall–Kier alpha value is -4.34. The number of hydrogen-bond acceptors (Lipinski definition) is 6. The van der Waals surface area contributed by atoms with Gasteiger partial charge in [-0.25, -0.2) is 4.98 Å². The van der Waals surface area contributed by atoms with Gasteiger partial charge < -0.3 is 29.6 Å². The molecule has 198 valence electrons. The van der Waals surface area contributed by atoms with E-state index in [1.54, 1.807) is 30.6 Å². The van der Waals surface area contributed by atoms with E-state index in [1.165, 1.54) is 6.33 Å². The number of carbonyl (C=O) groups is 3. The van der Waals surface area contributed by atoms with Gasteiger partial charge in [-0.15, -0.1) is 0 Å². The molecule has 1 aliphatic carbocycles. The standard InChI is InChI=1S/C28H31N5O5/c1-28(27(36)30-14-18-8-12-21(37-2)13-9-18)16-32-17-31-23(24(32)26(35)33(28)20-10-11-20)25(34)29-15-19-6-4-5-7-22(19)38-3/h4-9,12-13,17,20H,10-11,14-16H2,1-3H3,(H,29,34)(H,30,36)/t28-/m0/s1. The van der Waals surface area contributed by atoms with Gasteiger partial charge in [0, 0.05) is 24.7 Å². The zero-order valence-corrected chi connectivity index (χ0v) is 21.7. The zero-order valence-electron chi connectivity index (χ0n) is 21.7. The van der Waals surface area contributed by atoms with Crippen LogP contribution in [0.3, 0.4) is 0 Å². The van der Waals surface area contributed by atoms with E-state index in [4.69, 9.17) is 9.47 Å². The lowest BCUT2D eigenvalue weighted by Gasteiger charge is -2.44. The number of nitrogens with one attached hydrogen (secondary N) is 2. The maximum atomic E-state index is 13.8. The molecule has 10 nitrogen and oxygen atoms in total. The first kappa shape index (κ1) is 25.3. The molecule has 1 aliphatic heterocycles. The fourth-order valence-electron chi connectivity index (χ4n) is 4.95. The molecule has 1 saturated carbocycles. The predicted octanol–water partition coefficient (Wildman–Crippen LogP) is 2.52. The van der Waals surface area contributed by atoms with E-state index >= 15 is 0 Å². The molecule has 2 heterocycles. The molecule has 0 radical (unpaired) electrons. The van der Waals surface area contributed by atoms with Crippen molar-refractivity contribution >= 4 is 17.7 Å². The Morgan fingerprint density at radius 1 is 1.03 bits per heavy atom. The summed E-state index contributed by atoms with van der Waals surface area (Å²) in [4.78, 5) is 46.3. The number of carbonyl (C=O) groups excluding carboxylic acids is 3. The van der Waals surface area contributed by atoms with Gasteiger partial charge >= 0.3 is 0 Å². The highest BCUT2D eigenvalue weighted by Crippen LogP contribution is 2.39. The van der Waals surface area contributed by atoms with Crippen LogP contribution in [0.25, 0.3) is 0 Å². The minimum Gasteiger partial charge on any atom is -0.497 e. The first-order valence-corrected chi connectivity index (χ1v) is 12.6. The lowest BCUT2D eigenvalue weighted by atomic mass is 9.93. The summed E-state index contributed by atoms with van der Waals surface area (Å²) < 4.78 is 12.2. The number of para-hydroxylation sites is 1. The van der Waals surface area contributed by atoms with Crippen LogP contribution in [-0.4, -0.2) is 58.0 Å². The van der Waals surface area contributed by atoms with Crippen molar-refractivity contribution in [3.05, 3.63) is 77.4 Å². The van der Waals surface area contributed by atoms with Gasteiger partial charge in [0.2, 0.25) is 5.91 Å². The molecule has 0 spiro atoms. The number of benzene rings is 2. The molecule has 0 unspecified atom stereocenters. The Kier molecular flexibility index (Phi) is 6.79. The molecule has 0 bridgehead atoms. The SMILES string of the molecule is COc1ccc(CNC(=O)[C@]2(C)Cn3cnc(C(=O)NCc4ccccc4OC)c3C(=O)N2C2CC2)cc1. The van der Waals surface area contributed by atoms with Crippen LogP contribution in [0, 0.1) is 0 Å². The van der Waals surface area contributed by atoms with Gasteiger partial charge in [-0.3, -0.25) is 14.4 Å². The third-order valence-electron chi connectivity index (χ3n) is 7.13. The van der Waals surface area contributed by atoms with E-state index in [0.29, 0.717) is 12.3 Å². The Morgan fingerprint density at radius 3 is 2.45 bits per heavy atom. The summed E-state index contributed by atoms with van der Waals surface area (Å²) in [5.41, 5.74) is 0.860. The Labute approximate surface area is 220 Å². The number of nitrogens with zero attached hydrogens (tertiary/aromatic N) is 3. The second-order valence-electron chi connectivity index (χ2n) is 9.78. The first-order chi connectivity index (χ1) is 18.4. The summed E-state index contributed by atoms with van der Waals surface area (Å²) in [5.74, 6) is 0.324. The van der Waals surface area contributed by atoms with E-state index in [-0.39, 0.29) is 42.3 Å². The molecule has 1 aromatic heterocycles. The van der Waals surface area contributed by atoms with Gasteiger partial charge in [0.05, 0.1) is 27.1 Å². The van der Waals surface area contributed by atoms with E-state index in [2.05, 4.69) is 15.6 Å². The minimum absolute atomic E-state index is 0.0487. The van der Waals surface area contributed by atoms with E-state index in [1.807, 2.05) is 48.5 Å². The smallest absolute Gasteiger partial charge is 0.274 e. The van der Waals surface area contributed by atoms with Gasteiger partial charge in [-0.2, -0.15) is 0 Å². The van der Waals surface area contributed by atoms with E-state index in [9.17, 15) is 14.4 Å². The van der Waals surface area contributed by atoms with Crippen molar-refractivity contribution in [2.75, 3.05) is 14.2 Å². The van der Waals surface area contributed by atoms with Crippen molar-refractivity contribution in [1.29, 1.82) is 0 Å². The predicted molar refractivity (Wildman–Crippen MR) is 139 cm³/mol. The highest BCUT2D eigenvalue weighted by atomic mass is 16.5. The third-order valence-corrected chi connectivity index (χ3v) is 7.13. The monoisotopic (exact) mass is 517 g/mol. The lowest BCUT2D eigenvalue weighted by Crippen LogP contribution is -2.64. The van der Waals surface area contributed by atoms with Crippen LogP contribution in [-0.2, 0) is 24.4 Å². The molecule has 2 N–H and O–H groups in total. The quantitative estimate of drug-likeness (QED) is 0.451. The minimum atomic E-state index is -1.12. The summed E-state index contributed by atoms with van der Waals surface area (Å²) in [6.45, 7) is 2.52. The summed E-state index contributed by atoms with van der Waals surface area (Å²) >= 11 is 0. The maximum absolute atomic E-state index is 13.8. The molecule has 2 aliphatic rings. The summed E-state index contributed by atoms with van der Waals surface area (Å²) in [7, 11) is 3.17. The molecule has 0 saturated heterocycles. The average Bonchev–Trinajstić information content (AvgIpc) is 3.68. The summed E-state index contributed by atoms with van der Waals surface area (Å²) in [6.07, 6.45) is 3.09. The van der Waals surface area contributed by atoms with Gasteiger partial charge in [0.15, 0.2) is 5.69 Å². The topological polar surface area (TPSA) is 115 Å². The fraction of sp³-hybridized carbons (Fsp3) is 0.357. The van der Waals surface area contributed by atoms with Gasteiger partial charge in [0.25, 0.3) is 11.8 Å². The third kappa shape index (κ3) is 4.69. The van der Waals surface area contributed by atoms with Crippen molar-refractivity contribution in [1.82, 2.24) is 25.1 Å². The molecule has 2 aromatic carbocycles. The molecule has 3 aromatic rings. The van der Waals surface area contributed by atoms with Gasteiger partial charge in [-0.1, -0.05) is 30.3 Å². The van der Waals surface area contributed by atoms with Crippen molar-refractivity contribution in [3.8, 4) is 11.5 Å².